The van der Waals surface area contributed by atoms with E-state index in [0.717, 1.165) is 54.3 Å². The number of aliphatic hydroxyl groups is 1. The lowest BCUT2D eigenvalue weighted by Gasteiger charge is -2.57. The molecule has 0 heterocycles. The first-order valence-corrected chi connectivity index (χ1v) is 14.2. The minimum Gasteiger partial charge on any atom is -0.393 e. The van der Waals surface area contributed by atoms with Crippen LogP contribution in [0.5, 0.6) is 0 Å². The Balaban J connectivity index is 0.00000141. The van der Waals surface area contributed by atoms with Crippen LogP contribution in [0.1, 0.15) is 112 Å². The Morgan fingerprint density at radius 1 is 0.969 bits per heavy atom. The van der Waals surface area contributed by atoms with Gasteiger partial charge >= 0.3 is 0 Å². The summed E-state index contributed by atoms with van der Waals surface area (Å²) in [7, 11) is 1.50. The summed E-state index contributed by atoms with van der Waals surface area (Å²) in [6, 6.07) is 0. The van der Waals surface area contributed by atoms with Crippen LogP contribution in [0.2, 0.25) is 0 Å². The lowest BCUT2D eigenvalue weighted by molar-refractivity contribution is -0.0428. The molecular formula is C30H55NO. The Morgan fingerprint density at radius 2 is 1.62 bits per heavy atom. The van der Waals surface area contributed by atoms with E-state index >= 15 is 0 Å². The van der Waals surface area contributed by atoms with Crippen molar-refractivity contribution in [3.8, 4) is 0 Å². The molecule has 3 N–H and O–H groups in total. The highest BCUT2D eigenvalue weighted by Crippen LogP contribution is 2.67. The van der Waals surface area contributed by atoms with Gasteiger partial charge in [0.05, 0.1) is 6.10 Å². The second kappa shape index (κ2) is 10.5. The van der Waals surface area contributed by atoms with Crippen LogP contribution in [0.25, 0.3) is 0 Å². The molecule has 32 heavy (non-hydrogen) atoms. The fourth-order valence-corrected chi connectivity index (χ4v) is 9.15. The predicted molar refractivity (Wildman–Crippen MR) is 138 cm³/mol. The van der Waals surface area contributed by atoms with Crippen LogP contribution < -0.4 is 5.73 Å². The van der Waals surface area contributed by atoms with E-state index in [0.29, 0.717) is 10.8 Å². The summed E-state index contributed by atoms with van der Waals surface area (Å²) in [4.78, 5) is 0. The predicted octanol–water partition coefficient (Wildman–Crippen LogP) is 7.60. The average molecular weight is 446 g/mol. The molecule has 4 aliphatic carbocycles. The van der Waals surface area contributed by atoms with Crippen molar-refractivity contribution in [1.82, 2.24) is 0 Å². The maximum Gasteiger partial charge on any atom is 0.0543 e. The standard InChI is InChI=1S/C29H50O.CH5N/c1-7-21(19(2)3)9-8-20(4)25-12-13-26-24-11-10-22-18-23(30)14-16-28(22,5)27(24)15-17-29(25,26)6;1-2/h11,19-23,25-27,30H,7-10,12-18H2,1-6H3;2H2,1H3/t20-,21+,22?,23?,25?,26+,27?,28?,29?;/m1./s1. The van der Waals surface area contributed by atoms with E-state index in [-0.39, 0.29) is 6.10 Å². The first-order valence-electron chi connectivity index (χ1n) is 14.2. The Labute approximate surface area is 200 Å². The summed E-state index contributed by atoms with van der Waals surface area (Å²) in [5.74, 6) is 5.92. The number of allylic oxidation sites excluding steroid dienone is 2. The van der Waals surface area contributed by atoms with E-state index in [4.69, 9.17) is 0 Å². The molecule has 6 unspecified atom stereocenters. The van der Waals surface area contributed by atoms with Gasteiger partial charge in [-0.15, -0.1) is 0 Å². The van der Waals surface area contributed by atoms with Gasteiger partial charge < -0.3 is 10.8 Å². The highest BCUT2D eigenvalue weighted by molar-refractivity contribution is 5.27. The minimum atomic E-state index is -0.0404. The van der Waals surface area contributed by atoms with Crippen molar-refractivity contribution >= 4 is 0 Å². The molecule has 0 aliphatic heterocycles. The summed E-state index contributed by atoms with van der Waals surface area (Å²) < 4.78 is 0. The van der Waals surface area contributed by atoms with Crippen LogP contribution in [0, 0.1) is 52.3 Å². The largest absolute Gasteiger partial charge is 0.393 e. The molecule has 9 atom stereocenters. The molecular weight excluding hydrogens is 390 g/mol. The van der Waals surface area contributed by atoms with Crippen LogP contribution in [0.3, 0.4) is 0 Å². The van der Waals surface area contributed by atoms with Crippen LogP contribution in [-0.2, 0) is 0 Å². The Morgan fingerprint density at radius 3 is 2.28 bits per heavy atom. The van der Waals surface area contributed by atoms with Crippen molar-refractivity contribution in [2.75, 3.05) is 7.05 Å². The van der Waals surface area contributed by atoms with E-state index in [9.17, 15) is 5.11 Å². The zero-order chi connectivity index (χ0) is 23.7. The third-order valence-electron chi connectivity index (χ3n) is 11.3. The molecule has 0 aromatic rings. The van der Waals surface area contributed by atoms with Gasteiger partial charge in [-0.2, -0.15) is 0 Å². The quantitative estimate of drug-likeness (QED) is 0.413. The van der Waals surface area contributed by atoms with Crippen molar-refractivity contribution in [3.63, 3.8) is 0 Å². The van der Waals surface area contributed by atoms with Gasteiger partial charge in [0.25, 0.3) is 0 Å². The number of rotatable bonds is 6. The van der Waals surface area contributed by atoms with Crippen LogP contribution in [0.4, 0.5) is 0 Å². The van der Waals surface area contributed by atoms with Gasteiger partial charge in [0.2, 0.25) is 0 Å². The fraction of sp³-hybridized carbons (Fsp3) is 0.933. The number of hydrogen-bond acceptors (Lipinski definition) is 2. The topological polar surface area (TPSA) is 46.2 Å². The van der Waals surface area contributed by atoms with E-state index in [1.807, 2.05) is 5.57 Å². The molecule has 3 fully saturated rings. The summed E-state index contributed by atoms with van der Waals surface area (Å²) in [6.07, 6.45) is 17.2. The van der Waals surface area contributed by atoms with Crippen LogP contribution >= 0.6 is 0 Å². The molecule has 4 rings (SSSR count). The zero-order valence-electron chi connectivity index (χ0n) is 22.5. The first-order chi connectivity index (χ1) is 15.2. The van der Waals surface area contributed by atoms with Gasteiger partial charge in [-0.05, 0) is 117 Å². The maximum atomic E-state index is 10.3. The summed E-state index contributed by atoms with van der Waals surface area (Å²) >= 11 is 0. The van der Waals surface area contributed by atoms with Crippen molar-refractivity contribution in [3.05, 3.63) is 11.6 Å². The molecule has 0 bridgehead atoms. The normalized spacial score (nSPS) is 42.7. The third kappa shape index (κ3) is 4.61. The maximum absolute atomic E-state index is 10.3. The Kier molecular flexibility index (Phi) is 8.63. The third-order valence-corrected chi connectivity index (χ3v) is 11.3. The molecule has 186 valence electrons. The Hall–Kier alpha value is -0.340. The highest BCUT2D eigenvalue weighted by atomic mass is 16.3. The van der Waals surface area contributed by atoms with E-state index in [2.05, 4.69) is 53.4 Å². The molecule has 0 radical (unpaired) electrons. The van der Waals surface area contributed by atoms with Crippen molar-refractivity contribution in [2.45, 2.75) is 118 Å². The van der Waals surface area contributed by atoms with E-state index in [1.165, 1.54) is 64.8 Å². The average Bonchev–Trinajstić information content (AvgIpc) is 3.13. The molecule has 0 amide bonds. The molecule has 0 saturated heterocycles. The summed E-state index contributed by atoms with van der Waals surface area (Å²) in [5, 5.41) is 10.3. The van der Waals surface area contributed by atoms with E-state index < -0.39 is 0 Å². The summed E-state index contributed by atoms with van der Waals surface area (Å²) in [6.45, 7) is 15.1. The first kappa shape index (κ1) is 26.3. The molecule has 2 heteroatoms. The second-order valence-corrected chi connectivity index (χ2v) is 12.9. The molecule has 4 aliphatic rings. The minimum absolute atomic E-state index is 0.0404. The summed E-state index contributed by atoms with van der Waals surface area (Å²) in [5.41, 5.74) is 7.38. The zero-order valence-corrected chi connectivity index (χ0v) is 22.5. The van der Waals surface area contributed by atoms with Gasteiger partial charge in [-0.1, -0.05) is 66.0 Å². The molecule has 2 nitrogen and oxygen atoms in total. The van der Waals surface area contributed by atoms with Gasteiger partial charge in [-0.25, -0.2) is 0 Å². The number of hydrogen-bond donors (Lipinski definition) is 2. The highest BCUT2D eigenvalue weighted by Gasteiger charge is 2.58. The second-order valence-electron chi connectivity index (χ2n) is 12.9. The fourth-order valence-electron chi connectivity index (χ4n) is 9.15. The van der Waals surface area contributed by atoms with Crippen LogP contribution in [0.15, 0.2) is 11.6 Å². The van der Waals surface area contributed by atoms with Gasteiger partial charge in [0, 0.05) is 0 Å². The molecule has 0 aromatic heterocycles. The van der Waals surface area contributed by atoms with Gasteiger partial charge in [0.15, 0.2) is 0 Å². The smallest absolute Gasteiger partial charge is 0.0543 e. The molecule has 3 saturated carbocycles. The van der Waals surface area contributed by atoms with Crippen molar-refractivity contribution in [2.24, 2.45) is 58.0 Å². The van der Waals surface area contributed by atoms with E-state index in [1.54, 1.807) is 0 Å². The lowest BCUT2D eigenvalue weighted by atomic mass is 9.47. The molecule has 0 aromatic carbocycles. The van der Waals surface area contributed by atoms with Gasteiger partial charge in [-0.3, -0.25) is 0 Å². The number of fused-ring (bicyclic) bond motifs is 5. The van der Waals surface area contributed by atoms with Gasteiger partial charge in [0.1, 0.15) is 0 Å². The molecule has 0 spiro atoms. The van der Waals surface area contributed by atoms with Crippen LogP contribution in [-0.4, -0.2) is 18.3 Å². The van der Waals surface area contributed by atoms with Crippen molar-refractivity contribution < 1.29 is 5.11 Å². The SMILES string of the molecule is CC[C@@H](CC[C@@H](C)C1CC[C@H]2C3=CCC4CC(O)CCC4(C)C3CCC12C)C(C)C.CN. The number of aliphatic hydroxyl groups excluding tert-OH is 1. The Bertz CT molecular complexity index is 641. The number of nitrogens with two attached hydrogens (primary N) is 1. The monoisotopic (exact) mass is 445 g/mol. The van der Waals surface area contributed by atoms with Crippen molar-refractivity contribution in [1.29, 1.82) is 0 Å². The lowest BCUT2D eigenvalue weighted by Crippen LogP contribution is -2.49.